The van der Waals surface area contributed by atoms with Crippen LogP contribution in [0.4, 0.5) is 11.6 Å². The fourth-order valence-electron chi connectivity index (χ4n) is 3.11. The first-order valence-electron chi connectivity index (χ1n) is 8.40. The van der Waals surface area contributed by atoms with Gasteiger partial charge in [0.2, 0.25) is 0 Å². The zero-order valence-electron chi connectivity index (χ0n) is 14.1. The number of anilines is 2. The van der Waals surface area contributed by atoms with E-state index in [1.165, 1.54) is 11.1 Å². The van der Waals surface area contributed by atoms with E-state index < -0.39 is 0 Å². The average molecular weight is 327 g/mol. The normalized spacial score (nSPS) is 18.5. The molecule has 0 amide bonds. The summed E-state index contributed by atoms with van der Waals surface area (Å²) >= 11 is 0. The Hall–Kier alpha value is -2.18. The summed E-state index contributed by atoms with van der Waals surface area (Å²) in [6.07, 6.45) is 5.78. The third kappa shape index (κ3) is 4.43. The van der Waals surface area contributed by atoms with Crippen LogP contribution < -0.4 is 11.1 Å². The molecule has 6 nitrogen and oxygen atoms in total. The van der Waals surface area contributed by atoms with Gasteiger partial charge in [-0.25, -0.2) is 9.97 Å². The molecule has 128 valence electrons. The van der Waals surface area contributed by atoms with Crippen molar-refractivity contribution in [3.8, 4) is 0 Å². The Kier molecular flexibility index (Phi) is 5.61. The lowest BCUT2D eigenvalue weighted by atomic mass is 10.1. The fourth-order valence-corrected chi connectivity index (χ4v) is 3.11. The van der Waals surface area contributed by atoms with Crippen molar-refractivity contribution in [1.82, 2.24) is 14.9 Å². The summed E-state index contributed by atoms with van der Waals surface area (Å²) in [6.45, 7) is 3.57. The first-order valence-corrected chi connectivity index (χ1v) is 8.40. The van der Waals surface area contributed by atoms with Crippen LogP contribution in [0.2, 0.25) is 0 Å². The number of nitrogens with zero attached hydrogens (tertiary/aromatic N) is 3. The molecular formula is C18H25N5O. The quantitative estimate of drug-likeness (QED) is 0.844. The van der Waals surface area contributed by atoms with E-state index in [1.54, 1.807) is 6.20 Å². The number of nitrogens with two attached hydrogens (primary N) is 1. The molecule has 3 heterocycles. The van der Waals surface area contributed by atoms with Gasteiger partial charge in [-0.1, -0.05) is 6.07 Å². The van der Waals surface area contributed by atoms with Crippen molar-refractivity contribution in [3.05, 3.63) is 47.8 Å². The third-order valence-corrected chi connectivity index (χ3v) is 4.35. The number of hydrogen-bond acceptors (Lipinski definition) is 6. The summed E-state index contributed by atoms with van der Waals surface area (Å²) in [5.74, 6) is 1.53. The zero-order chi connectivity index (χ0) is 16.8. The monoisotopic (exact) mass is 327 g/mol. The Balaban J connectivity index is 1.54. The second-order valence-electron chi connectivity index (χ2n) is 6.12. The largest absolute Gasteiger partial charge is 0.384 e. The van der Waals surface area contributed by atoms with Gasteiger partial charge in [0.1, 0.15) is 11.6 Å². The number of morpholine rings is 1. The predicted octanol–water partition coefficient (Wildman–Crippen LogP) is 1.93. The van der Waals surface area contributed by atoms with E-state index in [0.29, 0.717) is 5.82 Å². The van der Waals surface area contributed by atoms with E-state index in [0.717, 1.165) is 44.9 Å². The summed E-state index contributed by atoms with van der Waals surface area (Å²) in [6, 6.07) is 8.08. The Labute approximate surface area is 143 Å². The summed E-state index contributed by atoms with van der Waals surface area (Å²) in [4.78, 5) is 10.9. The van der Waals surface area contributed by atoms with Gasteiger partial charge in [0.05, 0.1) is 12.7 Å². The first kappa shape index (κ1) is 16.7. The molecule has 6 heteroatoms. The number of aryl methyl sites for hydroxylation is 1. The van der Waals surface area contributed by atoms with Crippen LogP contribution in [-0.4, -0.2) is 47.7 Å². The van der Waals surface area contributed by atoms with E-state index >= 15 is 0 Å². The molecule has 0 spiro atoms. The highest BCUT2D eigenvalue weighted by Gasteiger charge is 2.21. The summed E-state index contributed by atoms with van der Waals surface area (Å²) in [5, 5.41) is 3.16. The van der Waals surface area contributed by atoms with Crippen LogP contribution in [0.1, 0.15) is 17.5 Å². The van der Waals surface area contributed by atoms with Gasteiger partial charge >= 0.3 is 0 Å². The maximum absolute atomic E-state index is 5.93. The van der Waals surface area contributed by atoms with E-state index in [2.05, 4.69) is 26.3 Å². The number of hydrogen-bond donors (Lipinski definition) is 2. The van der Waals surface area contributed by atoms with Gasteiger partial charge in [0.25, 0.3) is 0 Å². The van der Waals surface area contributed by atoms with Crippen LogP contribution in [0, 0.1) is 0 Å². The van der Waals surface area contributed by atoms with Crippen molar-refractivity contribution in [1.29, 1.82) is 0 Å². The molecule has 24 heavy (non-hydrogen) atoms. The summed E-state index contributed by atoms with van der Waals surface area (Å²) in [7, 11) is 1.91. The molecular weight excluding hydrogens is 302 g/mol. The molecule has 3 rings (SSSR count). The number of aromatic nitrogens is 2. The first-order chi connectivity index (χ1) is 11.7. The number of nitrogen functional groups attached to an aromatic ring is 1. The molecule has 0 bridgehead atoms. The molecule has 2 aromatic heterocycles. The lowest BCUT2D eigenvalue weighted by molar-refractivity contribution is -0.0345. The van der Waals surface area contributed by atoms with Gasteiger partial charge in [0.15, 0.2) is 0 Å². The molecule has 0 aliphatic carbocycles. The maximum Gasteiger partial charge on any atom is 0.130 e. The standard InChI is InChI=1S/C18H25N5O/c1-20-18-15(3-2-7-22-18)12-23-9-10-24-16(13-23)5-4-14-6-8-21-17(19)11-14/h2-3,6-8,11,16H,4-5,9-10,12-13H2,1H3,(H2,19,21)(H,20,22). The highest BCUT2D eigenvalue weighted by Crippen LogP contribution is 2.18. The van der Waals surface area contributed by atoms with Gasteiger partial charge in [-0.15, -0.1) is 0 Å². The van der Waals surface area contributed by atoms with E-state index in [9.17, 15) is 0 Å². The minimum Gasteiger partial charge on any atom is -0.384 e. The van der Waals surface area contributed by atoms with Gasteiger partial charge in [-0.05, 0) is 36.6 Å². The number of rotatable bonds is 6. The summed E-state index contributed by atoms with van der Waals surface area (Å²) < 4.78 is 5.93. The lowest BCUT2D eigenvalue weighted by Gasteiger charge is -2.33. The fraction of sp³-hybridized carbons (Fsp3) is 0.444. The van der Waals surface area contributed by atoms with Crippen LogP contribution in [0.5, 0.6) is 0 Å². The molecule has 0 saturated carbocycles. The molecule has 0 radical (unpaired) electrons. The Bertz CT molecular complexity index is 663. The van der Waals surface area contributed by atoms with E-state index in [-0.39, 0.29) is 6.10 Å². The summed E-state index contributed by atoms with van der Waals surface area (Å²) in [5.41, 5.74) is 8.18. The molecule has 1 saturated heterocycles. The third-order valence-electron chi connectivity index (χ3n) is 4.35. The van der Waals surface area contributed by atoms with Crippen LogP contribution in [0.25, 0.3) is 0 Å². The van der Waals surface area contributed by atoms with E-state index in [1.807, 2.05) is 31.4 Å². The molecule has 1 unspecified atom stereocenters. The SMILES string of the molecule is CNc1ncccc1CN1CCOC(CCc2ccnc(N)c2)C1. The van der Waals surface area contributed by atoms with Crippen molar-refractivity contribution in [3.63, 3.8) is 0 Å². The van der Waals surface area contributed by atoms with Gasteiger partial charge in [0, 0.05) is 44.6 Å². The molecule has 1 aliphatic rings. The topological polar surface area (TPSA) is 76.3 Å². The highest BCUT2D eigenvalue weighted by molar-refractivity contribution is 5.42. The molecule has 1 aliphatic heterocycles. The molecule has 0 aromatic carbocycles. The second kappa shape index (κ2) is 8.08. The van der Waals surface area contributed by atoms with Crippen molar-refractivity contribution in [2.24, 2.45) is 0 Å². The van der Waals surface area contributed by atoms with Crippen LogP contribution in [0.15, 0.2) is 36.7 Å². The van der Waals surface area contributed by atoms with Gasteiger partial charge in [-0.2, -0.15) is 0 Å². The van der Waals surface area contributed by atoms with Crippen LogP contribution in [-0.2, 0) is 17.7 Å². The van der Waals surface area contributed by atoms with Gasteiger partial charge < -0.3 is 15.8 Å². The van der Waals surface area contributed by atoms with Gasteiger partial charge in [-0.3, -0.25) is 4.90 Å². The zero-order valence-corrected chi connectivity index (χ0v) is 14.1. The Morgan fingerprint density at radius 2 is 2.25 bits per heavy atom. The van der Waals surface area contributed by atoms with Crippen LogP contribution in [0.3, 0.4) is 0 Å². The molecule has 1 atom stereocenters. The molecule has 2 aromatic rings. The minimum absolute atomic E-state index is 0.253. The Morgan fingerprint density at radius 3 is 3.08 bits per heavy atom. The Morgan fingerprint density at radius 1 is 1.33 bits per heavy atom. The van der Waals surface area contributed by atoms with Crippen molar-refractivity contribution in [2.45, 2.75) is 25.5 Å². The molecule has 3 N–H and O–H groups in total. The number of pyridine rings is 2. The number of ether oxygens (including phenoxy) is 1. The van der Waals surface area contributed by atoms with Crippen molar-refractivity contribution in [2.75, 3.05) is 37.8 Å². The lowest BCUT2D eigenvalue weighted by Crippen LogP contribution is -2.42. The maximum atomic E-state index is 5.93. The second-order valence-corrected chi connectivity index (χ2v) is 6.12. The van der Waals surface area contributed by atoms with Crippen molar-refractivity contribution >= 4 is 11.6 Å². The number of nitrogens with one attached hydrogen (secondary N) is 1. The minimum atomic E-state index is 0.253. The van der Waals surface area contributed by atoms with E-state index in [4.69, 9.17) is 10.5 Å². The predicted molar refractivity (Wildman–Crippen MR) is 95.8 cm³/mol. The molecule has 1 fully saturated rings. The van der Waals surface area contributed by atoms with Crippen molar-refractivity contribution < 1.29 is 4.74 Å². The highest BCUT2D eigenvalue weighted by atomic mass is 16.5. The van der Waals surface area contributed by atoms with Crippen LogP contribution >= 0.6 is 0 Å². The smallest absolute Gasteiger partial charge is 0.130 e. The average Bonchev–Trinajstić information content (AvgIpc) is 2.61.